The van der Waals surface area contributed by atoms with E-state index in [2.05, 4.69) is 21.3 Å². The number of fused-ring (bicyclic) bond motifs is 3. The number of alkyl halides is 1. The van der Waals surface area contributed by atoms with Crippen molar-refractivity contribution < 1.29 is 86.7 Å². The summed E-state index contributed by atoms with van der Waals surface area (Å²) < 4.78 is 59.9. The summed E-state index contributed by atoms with van der Waals surface area (Å²) in [5, 5.41) is 45.4. The monoisotopic (exact) mass is 1070 g/mol. The molecule has 0 radical (unpaired) electrons. The maximum atomic E-state index is 13.6. The van der Waals surface area contributed by atoms with Gasteiger partial charge in [0.2, 0.25) is 0 Å². The molecule has 3 aromatic carbocycles. The molecule has 8 rings (SSSR count). The first-order valence-corrected chi connectivity index (χ1v) is 25.2. The lowest BCUT2D eigenvalue weighted by Crippen LogP contribution is -2.69. The van der Waals surface area contributed by atoms with Crippen LogP contribution in [0.5, 0.6) is 0 Å². The predicted octanol–water partition coefficient (Wildman–Crippen LogP) is 3.67. The number of hydrogen-bond acceptors (Lipinski definition) is 18. The molecule has 8 unspecified atom stereocenters. The van der Waals surface area contributed by atoms with E-state index in [1.54, 1.807) is 81.4 Å². The number of hydrogen-bond donors (Lipinski definition) is 7. The number of amides is 5. The normalized spacial score (nSPS) is 32.3. The lowest BCUT2D eigenvalue weighted by Gasteiger charge is -2.51. The molecule has 408 valence electrons. The van der Waals surface area contributed by atoms with Gasteiger partial charge >= 0.3 is 30.5 Å². The molecule has 24 heteroatoms. The highest BCUT2D eigenvalue weighted by molar-refractivity contribution is 6.18. The van der Waals surface area contributed by atoms with Crippen molar-refractivity contribution in [3.8, 4) is 0 Å². The van der Waals surface area contributed by atoms with Crippen LogP contribution >= 0.6 is 11.6 Å². The zero-order chi connectivity index (χ0) is 53.4. The summed E-state index contributed by atoms with van der Waals surface area (Å²) in [7, 11) is 1.43. The van der Waals surface area contributed by atoms with Gasteiger partial charge in [-0.3, -0.25) is 4.90 Å². The zero-order valence-corrected chi connectivity index (χ0v) is 42.4. The highest BCUT2D eigenvalue weighted by atomic mass is 35.5. The number of likely N-dealkylation sites (N-methyl/N-ethyl adjacent to an activating group) is 1. The number of halogens is 1. The Bertz CT molecular complexity index is 2390. The number of benzene rings is 3. The van der Waals surface area contributed by atoms with Crippen molar-refractivity contribution in [1.29, 1.82) is 0 Å². The SMILES string of the molecule is CN1C(=O)OC2C3O[C@H](O[C@@H]4C(NC(=O)OCc5ccccc5)C[C@@H](NC(=O)OCc5ccccc5)C[C@H]4O)[C@@H](NC(=O)OCc4ccccc4)C[C@@H]3OC(O[C@H]3OC(CCl)[C@@H](NC(=O)OC(C)(C)C)C(O)C3O)C21. The number of aliphatic hydroxyl groups excluding tert-OH is 3. The van der Waals surface area contributed by atoms with Gasteiger partial charge in [0, 0.05) is 19.5 Å². The summed E-state index contributed by atoms with van der Waals surface area (Å²) in [6, 6.07) is 21.7. The first kappa shape index (κ1) is 55.2. The van der Waals surface area contributed by atoms with E-state index in [-0.39, 0.29) is 45.0 Å². The Morgan fingerprint density at radius 3 is 1.73 bits per heavy atom. The highest BCUT2D eigenvalue weighted by Crippen LogP contribution is 2.41. The van der Waals surface area contributed by atoms with Crippen LogP contribution < -0.4 is 21.3 Å². The van der Waals surface area contributed by atoms with Gasteiger partial charge in [-0.05, 0) is 50.3 Å². The van der Waals surface area contributed by atoms with Crippen molar-refractivity contribution in [2.24, 2.45) is 0 Å². The van der Waals surface area contributed by atoms with Crippen molar-refractivity contribution in [2.45, 2.75) is 163 Å². The Kier molecular flexibility index (Phi) is 18.2. The second kappa shape index (κ2) is 24.8. The average Bonchev–Trinajstić information content (AvgIpc) is 3.70. The molecule has 5 amide bonds. The summed E-state index contributed by atoms with van der Waals surface area (Å²) >= 11 is 6.26. The highest BCUT2D eigenvalue weighted by Gasteiger charge is 2.61. The smallest absolute Gasteiger partial charge is 0.410 e. The second-order valence-electron chi connectivity index (χ2n) is 19.9. The first-order chi connectivity index (χ1) is 35.9. The van der Waals surface area contributed by atoms with Crippen molar-refractivity contribution in [1.82, 2.24) is 26.2 Å². The van der Waals surface area contributed by atoms with E-state index in [0.717, 1.165) is 5.56 Å². The van der Waals surface area contributed by atoms with Gasteiger partial charge in [-0.1, -0.05) is 91.0 Å². The van der Waals surface area contributed by atoms with Gasteiger partial charge in [0.05, 0.1) is 42.3 Å². The van der Waals surface area contributed by atoms with Crippen molar-refractivity contribution in [3.63, 3.8) is 0 Å². The lowest BCUT2D eigenvalue weighted by atomic mass is 9.85. The summed E-state index contributed by atoms with van der Waals surface area (Å²) in [5.41, 5.74) is 1.28. The molecule has 3 aromatic rings. The molecule has 7 N–H and O–H groups in total. The molecule has 4 aliphatic heterocycles. The number of carbonyl (C=O) groups is 5. The van der Waals surface area contributed by atoms with E-state index in [4.69, 9.17) is 59.0 Å². The molecule has 5 fully saturated rings. The summed E-state index contributed by atoms with van der Waals surface area (Å²) in [6.07, 6.45) is -19.5. The summed E-state index contributed by atoms with van der Waals surface area (Å²) in [6.45, 7) is 4.76. The van der Waals surface area contributed by atoms with Crippen LogP contribution in [0.4, 0.5) is 24.0 Å². The molecular weight excluding hydrogens is 1010 g/mol. The van der Waals surface area contributed by atoms with Crippen molar-refractivity contribution in [2.75, 3.05) is 12.9 Å². The Morgan fingerprint density at radius 1 is 0.640 bits per heavy atom. The molecule has 0 bridgehead atoms. The zero-order valence-electron chi connectivity index (χ0n) is 41.6. The minimum atomic E-state index is -1.80. The van der Waals surface area contributed by atoms with E-state index in [1.165, 1.54) is 11.9 Å². The third-order valence-corrected chi connectivity index (χ3v) is 13.5. The number of rotatable bonds is 15. The van der Waals surface area contributed by atoms with Crippen molar-refractivity contribution in [3.05, 3.63) is 108 Å². The van der Waals surface area contributed by atoms with E-state index >= 15 is 0 Å². The standard InChI is InChI=1S/C51H64ClN5O18/c1-51(2,3)75-49(64)56-36-35(23-52)70-45(39(60)38(36)59)74-44-37-42(73-50(65)57(37)4)41-34(69-44)22-32(55-48(63)68-26-29-18-12-7-13-19-29)43(72-41)71-40-31(54-47(62)67-25-28-16-10-6-11-17-28)20-30(21-33(40)58)53-46(61)66-24-27-14-8-5-9-15-27/h5-19,30-45,58-60H,20-26H2,1-4H3,(H,53,61)(H,54,62)(H,55,63)(H,56,64)/t30-,31?,32+,33-,34+,35?,36-,37?,38?,39?,40-,41?,42?,43+,44?,45-/m1/s1. The fourth-order valence-electron chi connectivity index (χ4n) is 9.61. The Labute approximate surface area is 437 Å². The Hall–Kier alpha value is -6.02. The van der Waals surface area contributed by atoms with Gasteiger partial charge in [0.1, 0.15) is 55.9 Å². The molecule has 0 aromatic heterocycles. The molecular formula is C51H64ClN5O18. The molecule has 23 nitrogen and oxygen atoms in total. The molecule has 1 aliphatic carbocycles. The first-order valence-electron chi connectivity index (χ1n) is 24.6. The van der Waals surface area contributed by atoms with Crippen LogP contribution in [0.25, 0.3) is 0 Å². The molecule has 1 saturated carbocycles. The van der Waals surface area contributed by atoms with Gasteiger partial charge in [-0.15, -0.1) is 11.6 Å². The average molecular weight is 1070 g/mol. The molecule has 75 heavy (non-hydrogen) atoms. The van der Waals surface area contributed by atoms with Crippen LogP contribution in [0.15, 0.2) is 91.0 Å². The summed E-state index contributed by atoms with van der Waals surface area (Å²) in [5.74, 6) is -0.268. The maximum absolute atomic E-state index is 13.6. The number of aliphatic hydroxyl groups is 3. The van der Waals surface area contributed by atoms with E-state index < -0.39 is 134 Å². The largest absolute Gasteiger partial charge is 0.445 e. The fraction of sp³-hybridized carbons (Fsp3) is 0.549. The number of alkyl carbamates (subject to hydrolysis) is 4. The van der Waals surface area contributed by atoms with E-state index in [9.17, 15) is 39.3 Å². The second-order valence-corrected chi connectivity index (χ2v) is 20.2. The molecule has 16 atom stereocenters. The third kappa shape index (κ3) is 14.3. The topological polar surface area (TPSA) is 290 Å². The van der Waals surface area contributed by atoms with Crippen LogP contribution in [0, 0.1) is 0 Å². The number of nitrogens with one attached hydrogen (secondary N) is 4. The van der Waals surface area contributed by atoms with Gasteiger partial charge in [0.25, 0.3) is 0 Å². The quantitative estimate of drug-likeness (QED) is 0.0844. The Morgan fingerprint density at radius 2 is 1.19 bits per heavy atom. The third-order valence-electron chi connectivity index (χ3n) is 13.2. The molecule has 4 heterocycles. The van der Waals surface area contributed by atoms with Crippen molar-refractivity contribution >= 4 is 42.1 Å². The van der Waals surface area contributed by atoms with Gasteiger partial charge < -0.3 is 84.0 Å². The maximum Gasteiger partial charge on any atom is 0.410 e. The fourth-order valence-corrected chi connectivity index (χ4v) is 9.87. The number of ether oxygens (including phenoxy) is 10. The van der Waals surface area contributed by atoms with Crippen LogP contribution in [0.2, 0.25) is 0 Å². The predicted molar refractivity (Wildman–Crippen MR) is 260 cm³/mol. The summed E-state index contributed by atoms with van der Waals surface area (Å²) in [4.78, 5) is 67.5. The minimum absolute atomic E-state index is 0.0139. The van der Waals surface area contributed by atoms with Crippen LogP contribution in [0.1, 0.15) is 56.7 Å². The lowest BCUT2D eigenvalue weighted by molar-refractivity contribution is -0.370. The number of carbonyl (C=O) groups excluding carboxylic acids is 5. The van der Waals surface area contributed by atoms with E-state index in [0.29, 0.717) is 11.1 Å². The molecule has 5 aliphatic rings. The van der Waals surface area contributed by atoms with Gasteiger partial charge in [-0.2, -0.15) is 0 Å². The van der Waals surface area contributed by atoms with Gasteiger partial charge in [-0.25, -0.2) is 24.0 Å². The van der Waals surface area contributed by atoms with Crippen LogP contribution in [0.3, 0.4) is 0 Å². The molecule has 4 saturated heterocycles. The Balaban J connectivity index is 1.02. The van der Waals surface area contributed by atoms with Crippen LogP contribution in [-0.4, -0.2) is 167 Å². The number of nitrogens with zero attached hydrogens (tertiary/aromatic N) is 1. The molecule has 0 spiro atoms. The van der Waals surface area contributed by atoms with E-state index in [1.807, 2.05) is 30.3 Å². The minimum Gasteiger partial charge on any atom is -0.445 e. The van der Waals surface area contributed by atoms with Gasteiger partial charge in [0.15, 0.2) is 25.0 Å². The van der Waals surface area contributed by atoms with Crippen LogP contribution in [-0.2, 0) is 67.2 Å².